The van der Waals surface area contributed by atoms with Gasteiger partial charge in [0.05, 0.1) is 23.5 Å². The fourth-order valence-electron chi connectivity index (χ4n) is 2.10. The summed E-state index contributed by atoms with van der Waals surface area (Å²) in [6.07, 6.45) is 3.45. The molecule has 0 saturated carbocycles. The van der Waals surface area contributed by atoms with E-state index in [2.05, 4.69) is 10.1 Å². The fourth-order valence-corrected chi connectivity index (χ4v) is 2.30. The van der Waals surface area contributed by atoms with Crippen molar-refractivity contribution in [3.8, 4) is 22.7 Å². The highest BCUT2D eigenvalue weighted by Crippen LogP contribution is 2.30. The van der Waals surface area contributed by atoms with Crippen LogP contribution in [0.2, 0.25) is 5.02 Å². The normalized spacial score (nSPS) is 10.6. The number of methoxy groups -OCH3 is 1. The summed E-state index contributed by atoms with van der Waals surface area (Å²) in [5, 5.41) is 4.89. The van der Waals surface area contributed by atoms with Gasteiger partial charge in [0.25, 0.3) is 0 Å². The van der Waals surface area contributed by atoms with E-state index < -0.39 is 0 Å². The van der Waals surface area contributed by atoms with Crippen molar-refractivity contribution in [2.75, 3.05) is 12.8 Å². The predicted molar refractivity (Wildman–Crippen MR) is 82.8 cm³/mol. The predicted octanol–water partition coefficient (Wildman–Crippen LogP) is 3.18. The standard InChI is InChI=1S/C15H13ClN4O/c1-21-14-8-11(2-3-12(14)16)20-13(9-15(17)19-20)10-4-6-18-7-5-10/h2-9H,1H3,(H2,17,19). The van der Waals surface area contributed by atoms with Crippen LogP contribution in [0.1, 0.15) is 0 Å². The summed E-state index contributed by atoms with van der Waals surface area (Å²) >= 11 is 6.06. The molecule has 1 aromatic carbocycles. The fraction of sp³-hybridized carbons (Fsp3) is 0.0667. The van der Waals surface area contributed by atoms with Gasteiger partial charge >= 0.3 is 0 Å². The number of benzene rings is 1. The van der Waals surface area contributed by atoms with Gasteiger partial charge in [0.2, 0.25) is 0 Å². The second kappa shape index (κ2) is 5.46. The molecular weight excluding hydrogens is 288 g/mol. The van der Waals surface area contributed by atoms with E-state index in [1.54, 1.807) is 30.3 Å². The summed E-state index contributed by atoms with van der Waals surface area (Å²) in [7, 11) is 1.58. The maximum atomic E-state index is 6.06. The monoisotopic (exact) mass is 300 g/mol. The Hall–Kier alpha value is -2.53. The van der Waals surface area contributed by atoms with Crippen LogP contribution in [0.25, 0.3) is 16.9 Å². The number of nitrogens with two attached hydrogens (primary N) is 1. The lowest BCUT2D eigenvalue weighted by molar-refractivity contribution is 0.414. The molecule has 0 aliphatic carbocycles. The third kappa shape index (κ3) is 2.55. The topological polar surface area (TPSA) is 66.0 Å². The summed E-state index contributed by atoms with van der Waals surface area (Å²) < 4.78 is 7.00. The van der Waals surface area contributed by atoms with E-state index in [1.165, 1.54) is 0 Å². The number of pyridine rings is 1. The maximum absolute atomic E-state index is 6.06. The van der Waals surface area contributed by atoms with Gasteiger partial charge < -0.3 is 10.5 Å². The van der Waals surface area contributed by atoms with Crippen LogP contribution in [0.4, 0.5) is 5.82 Å². The second-order valence-electron chi connectivity index (χ2n) is 4.42. The summed E-state index contributed by atoms with van der Waals surface area (Å²) in [5.41, 5.74) is 8.52. The molecule has 2 heterocycles. The molecule has 3 aromatic rings. The van der Waals surface area contributed by atoms with Crippen molar-refractivity contribution in [3.05, 3.63) is 53.8 Å². The van der Waals surface area contributed by atoms with Crippen molar-refractivity contribution >= 4 is 17.4 Å². The molecule has 0 fully saturated rings. The molecule has 3 rings (SSSR count). The Balaban J connectivity index is 2.15. The number of anilines is 1. The molecule has 0 atom stereocenters. The van der Waals surface area contributed by atoms with Gasteiger partial charge in [0.1, 0.15) is 11.6 Å². The van der Waals surface area contributed by atoms with Crippen LogP contribution >= 0.6 is 11.6 Å². The zero-order valence-electron chi connectivity index (χ0n) is 11.3. The first-order valence-corrected chi connectivity index (χ1v) is 6.66. The highest BCUT2D eigenvalue weighted by molar-refractivity contribution is 6.32. The zero-order chi connectivity index (χ0) is 14.8. The first kappa shape index (κ1) is 13.5. The third-order valence-electron chi connectivity index (χ3n) is 3.08. The molecule has 106 valence electrons. The number of ether oxygens (including phenoxy) is 1. The molecular formula is C15H13ClN4O. The molecule has 21 heavy (non-hydrogen) atoms. The van der Waals surface area contributed by atoms with E-state index in [0.717, 1.165) is 16.9 Å². The van der Waals surface area contributed by atoms with E-state index in [4.69, 9.17) is 22.1 Å². The molecule has 2 N–H and O–H groups in total. The van der Waals surface area contributed by atoms with Crippen LogP contribution in [-0.4, -0.2) is 21.9 Å². The minimum Gasteiger partial charge on any atom is -0.495 e. The summed E-state index contributed by atoms with van der Waals surface area (Å²) in [6.45, 7) is 0. The molecule has 0 bridgehead atoms. The smallest absolute Gasteiger partial charge is 0.146 e. The van der Waals surface area contributed by atoms with Gasteiger partial charge in [-0.25, -0.2) is 4.68 Å². The number of hydrogen-bond donors (Lipinski definition) is 1. The van der Waals surface area contributed by atoms with Gasteiger partial charge in [-0.05, 0) is 24.3 Å². The Morgan fingerprint density at radius 3 is 2.62 bits per heavy atom. The molecule has 0 saturated heterocycles. The van der Waals surface area contributed by atoms with Crippen molar-refractivity contribution < 1.29 is 4.74 Å². The number of rotatable bonds is 3. The number of halogens is 1. The summed E-state index contributed by atoms with van der Waals surface area (Å²) in [5.74, 6) is 1.03. The Morgan fingerprint density at radius 2 is 1.90 bits per heavy atom. The molecule has 6 heteroatoms. The molecule has 0 spiro atoms. The van der Waals surface area contributed by atoms with E-state index in [9.17, 15) is 0 Å². The van der Waals surface area contributed by atoms with E-state index in [1.807, 2.05) is 30.3 Å². The third-order valence-corrected chi connectivity index (χ3v) is 3.40. The van der Waals surface area contributed by atoms with Crippen molar-refractivity contribution in [2.45, 2.75) is 0 Å². The Morgan fingerprint density at radius 1 is 1.14 bits per heavy atom. The van der Waals surface area contributed by atoms with Crippen LogP contribution in [0.3, 0.4) is 0 Å². The highest BCUT2D eigenvalue weighted by atomic mass is 35.5. The summed E-state index contributed by atoms with van der Waals surface area (Å²) in [4.78, 5) is 4.02. The largest absolute Gasteiger partial charge is 0.495 e. The van der Waals surface area contributed by atoms with Crippen molar-refractivity contribution in [3.63, 3.8) is 0 Å². The number of nitrogen functional groups attached to an aromatic ring is 1. The maximum Gasteiger partial charge on any atom is 0.146 e. The minimum absolute atomic E-state index is 0.440. The molecule has 0 amide bonds. The number of nitrogens with zero attached hydrogens (tertiary/aromatic N) is 3. The van der Waals surface area contributed by atoms with Crippen LogP contribution in [-0.2, 0) is 0 Å². The van der Waals surface area contributed by atoms with Crippen LogP contribution in [0, 0.1) is 0 Å². The quantitative estimate of drug-likeness (QED) is 0.807. The van der Waals surface area contributed by atoms with Crippen LogP contribution < -0.4 is 10.5 Å². The average molecular weight is 301 g/mol. The van der Waals surface area contributed by atoms with E-state index >= 15 is 0 Å². The first-order chi connectivity index (χ1) is 10.2. The highest BCUT2D eigenvalue weighted by Gasteiger charge is 2.12. The van der Waals surface area contributed by atoms with E-state index in [-0.39, 0.29) is 0 Å². The lowest BCUT2D eigenvalue weighted by atomic mass is 10.2. The zero-order valence-corrected chi connectivity index (χ0v) is 12.1. The lowest BCUT2D eigenvalue weighted by Gasteiger charge is -2.10. The number of aromatic nitrogens is 3. The van der Waals surface area contributed by atoms with Gasteiger partial charge in [0.15, 0.2) is 0 Å². The second-order valence-corrected chi connectivity index (χ2v) is 4.83. The molecule has 0 aliphatic heterocycles. The Bertz CT molecular complexity index is 771. The van der Waals surface area contributed by atoms with Crippen LogP contribution in [0.15, 0.2) is 48.8 Å². The van der Waals surface area contributed by atoms with Gasteiger partial charge in [-0.2, -0.15) is 5.10 Å². The molecule has 0 aliphatic rings. The molecule has 2 aromatic heterocycles. The van der Waals surface area contributed by atoms with Gasteiger partial charge in [0, 0.05) is 30.1 Å². The average Bonchev–Trinajstić information content (AvgIpc) is 2.90. The van der Waals surface area contributed by atoms with Crippen molar-refractivity contribution in [2.24, 2.45) is 0 Å². The van der Waals surface area contributed by atoms with Crippen molar-refractivity contribution in [1.29, 1.82) is 0 Å². The Kier molecular flexibility index (Phi) is 3.50. The summed E-state index contributed by atoms with van der Waals surface area (Å²) in [6, 6.07) is 11.1. The van der Waals surface area contributed by atoms with Gasteiger partial charge in [-0.15, -0.1) is 0 Å². The van der Waals surface area contributed by atoms with Crippen LogP contribution in [0.5, 0.6) is 5.75 Å². The van der Waals surface area contributed by atoms with Crippen molar-refractivity contribution in [1.82, 2.24) is 14.8 Å². The molecule has 0 unspecified atom stereocenters. The minimum atomic E-state index is 0.440. The molecule has 0 radical (unpaired) electrons. The first-order valence-electron chi connectivity index (χ1n) is 6.29. The Labute approximate surface area is 126 Å². The molecule has 5 nitrogen and oxygen atoms in total. The van der Waals surface area contributed by atoms with E-state index in [0.29, 0.717) is 16.6 Å². The van der Waals surface area contributed by atoms with Gasteiger partial charge in [-0.3, -0.25) is 4.98 Å². The lowest BCUT2D eigenvalue weighted by Crippen LogP contribution is -2.00. The SMILES string of the molecule is COc1cc(-n2nc(N)cc2-c2ccncc2)ccc1Cl. The number of hydrogen-bond acceptors (Lipinski definition) is 4. The van der Waals surface area contributed by atoms with Gasteiger partial charge in [-0.1, -0.05) is 11.6 Å².